The van der Waals surface area contributed by atoms with Gasteiger partial charge in [-0.3, -0.25) is 14.4 Å². The smallest absolute Gasteiger partial charge is 0.306 e. The number of esters is 3. The molecular weight excluding hydrogens is 793 g/mol. The van der Waals surface area contributed by atoms with Crippen LogP contribution in [-0.4, -0.2) is 37.2 Å². The van der Waals surface area contributed by atoms with Crippen LogP contribution in [0.1, 0.15) is 271 Å². The Bertz CT molecular complexity index is 1170. The fraction of sp³-hybridized carbons (Fsp3) is 0.776. The Morgan fingerprint density at radius 3 is 1.03 bits per heavy atom. The molecule has 0 heterocycles. The zero-order chi connectivity index (χ0) is 46.5. The first kappa shape index (κ1) is 61.1. The molecule has 1 atom stereocenters. The Kier molecular flexibility index (Phi) is 50.4. The lowest BCUT2D eigenvalue weighted by Gasteiger charge is -2.18. The van der Waals surface area contributed by atoms with Crippen LogP contribution < -0.4 is 0 Å². The molecule has 0 rings (SSSR count). The molecule has 0 bridgehead atoms. The van der Waals surface area contributed by atoms with Crippen molar-refractivity contribution in [1.82, 2.24) is 0 Å². The van der Waals surface area contributed by atoms with Gasteiger partial charge in [0.05, 0.1) is 0 Å². The molecular formula is C58H102O6. The maximum absolute atomic E-state index is 12.8. The first-order valence-electron chi connectivity index (χ1n) is 27.3. The number of allylic oxidation sites excluding steroid dienone is 10. The monoisotopic (exact) mass is 895 g/mol. The quantitative estimate of drug-likeness (QED) is 0.0262. The Balaban J connectivity index is 4.36. The van der Waals surface area contributed by atoms with Gasteiger partial charge in [0.15, 0.2) is 6.10 Å². The second-order valence-electron chi connectivity index (χ2n) is 18.1. The molecule has 0 aromatic carbocycles. The van der Waals surface area contributed by atoms with Crippen molar-refractivity contribution in [2.45, 2.75) is 277 Å². The lowest BCUT2D eigenvalue weighted by molar-refractivity contribution is -0.167. The van der Waals surface area contributed by atoms with Crippen LogP contribution >= 0.6 is 0 Å². The second-order valence-corrected chi connectivity index (χ2v) is 18.1. The minimum absolute atomic E-state index is 0.0876. The van der Waals surface area contributed by atoms with Crippen molar-refractivity contribution in [3.63, 3.8) is 0 Å². The summed E-state index contributed by atoms with van der Waals surface area (Å²) in [5, 5.41) is 0. The van der Waals surface area contributed by atoms with Crippen molar-refractivity contribution in [1.29, 1.82) is 0 Å². The van der Waals surface area contributed by atoms with Gasteiger partial charge in [-0.05, 0) is 77.0 Å². The van der Waals surface area contributed by atoms with Gasteiger partial charge >= 0.3 is 17.9 Å². The Hall–Kier alpha value is -2.89. The van der Waals surface area contributed by atoms with Crippen molar-refractivity contribution >= 4 is 17.9 Å². The summed E-state index contributed by atoms with van der Waals surface area (Å²) < 4.78 is 16.8. The van der Waals surface area contributed by atoms with Crippen molar-refractivity contribution in [3.05, 3.63) is 60.8 Å². The van der Waals surface area contributed by atoms with Gasteiger partial charge in [0, 0.05) is 19.3 Å². The van der Waals surface area contributed by atoms with Gasteiger partial charge in [-0.1, -0.05) is 236 Å². The van der Waals surface area contributed by atoms with E-state index in [-0.39, 0.29) is 31.1 Å². The van der Waals surface area contributed by atoms with Crippen LogP contribution in [0.15, 0.2) is 60.8 Å². The number of hydrogen-bond donors (Lipinski definition) is 0. The maximum Gasteiger partial charge on any atom is 0.306 e. The average molecular weight is 895 g/mol. The lowest BCUT2D eigenvalue weighted by Crippen LogP contribution is -2.30. The highest BCUT2D eigenvalue weighted by molar-refractivity contribution is 5.71. The molecule has 0 aromatic heterocycles. The minimum atomic E-state index is -0.791. The number of unbranched alkanes of at least 4 members (excludes halogenated alkanes) is 28. The molecule has 6 nitrogen and oxygen atoms in total. The summed E-state index contributed by atoms with van der Waals surface area (Å²) in [6.45, 7) is 6.47. The zero-order valence-corrected chi connectivity index (χ0v) is 42.3. The molecule has 0 saturated carbocycles. The second kappa shape index (κ2) is 52.7. The van der Waals surface area contributed by atoms with Gasteiger partial charge in [0.1, 0.15) is 13.2 Å². The van der Waals surface area contributed by atoms with Crippen molar-refractivity contribution in [2.24, 2.45) is 0 Å². The van der Waals surface area contributed by atoms with Crippen molar-refractivity contribution < 1.29 is 28.6 Å². The van der Waals surface area contributed by atoms with Crippen LogP contribution in [0, 0.1) is 0 Å². The number of carbonyl (C=O) groups excluding carboxylic acids is 3. The van der Waals surface area contributed by atoms with E-state index in [2.05, 4.69) is 81.5 Å². The highest BCUT2D eigenvalue weighted by Crippen LogP contribution is 2.16. The Labute approximate surface area is 396 Å². The summed E-state index contributed by atoms with van der Waals surface area (Å²) in [6.07, 6.45) is 65.0. The third-order valence-corrected chi connectivity index (χ3v) is 11.8. The highest BCUT2D eigenvalue weighted by Gasteiger charge is 2.19. The van der Waals surface area contributed by atoms with Crippen LogP contribution in [0.4, 0.5) is 0 Å². The summed E-state index contributed by atoms with van der Waals surface area (Å²) in [5.41, 5.74) is 0. The van der Waals surface area contributed by atoms with Gasteiger partial charge in [-0.2, -0.15) is 0 Å². The molecule has 0 aliphatic rings. The van der Waals surface area contributed by atoms with Crippen molar-refractivity contribution in [3.8, 4) is 0 Å². The lowest BCUT2D eigenvalue weighted by atomic mass is 10.0. The SMILES string of the molecule is CC/C=C\C/C=C\C/C=C\C/C=C\CCCCCC(=O)OC(COC(=O)CCCCCCC/C=C\CCCC)COC(=O)CCCCCCCCCCCCCCCCCCCCC. The molecule has 0 fully saturated rings. The molecule has 0 saturated heterocycles. The Morgan fingerprint density at radius 1 is 0.328 bits per heavy atom. The molecule has 0 aliphatic carbocycles. The zero-order valence-electron chi connectivity index (χ0n) is 42.3. The Morgan fingerprint density at radius 2 is 0.625 bits per heavy atom. The van der Waals surface area contributed by atoms with E-state index in [1.807, 2.05) is 0 Å². The van der Waals surface area contributed by atoms with Crippen molar-refractivity contribution in [2.75, 3.05) is 13.2 Å². The summed E-state index contributed by atoms with van der Waals surface area (Å²) >= 11 is 0. The van der Waals surface area contributed by atoms with Crippen LogP contribution in [0.2, 0.25) is 0 Å². The van der Waals surface area contributed by atoms with Crippen LogP contribution in [0.3, 0.4) is 0 Å². The first-order valence-corrected chi connectivity index (χ1v) is 27.3. The van der Waals surface area contributed by atoms with E-state index in [1.165, 1.54) is 135 Å². The summed E-state index contributed by atoms with van der Waals surface area (Å²) in [7, 11) is 0. The van der Waals surface area contributed by atoms with E-state index in [9.17, 15) is 14.4 Å². The molecule has 0 aliphatic heterocycles. The molecule has 0 amide bonds. The molecule has 0 spiro atoms. The molecule has 6 heteroatoms. The predicted molar refractivity (Wildman–Crippen MR) is 275 cm³/mol. The largest absolute Gasteiger partial charge is 0.462 e. The summed E-state index contributed by atoms with van der Waals surface area (Å²) in [6, 6.07) is 0. The predicted octanol–water partition coefficient (Wildman–Crippen LogP) is 18.0. The van der Waals surface area contributed by atoms with E-state index in [0.29, 0.717) is 19.3 Å². The van der Waals surface area contributed by atoms with Gasteiger partial charge in [0.2, 0.25) is 0 Å². The number of carbonyl (C=O) groups is 3. The van der Waals surface area contributed by atoms with Gasteiger partial charge in [0.25, 0.3) is 0 Å². The third kappa shape index (κ3) is 50.1. The van der Waals surface area contributed by atoms with Gasteiger partial charge < -0.3 is 14.2 Å². The van der Waals surface area contributed by atoms with E-state index in [0.717, 1.165) is 96.3 Å². The maximum atomic E-state index is 12.8. The van der Waals surface area contributed by atoms with E-state index in [4.69, 9.17) is 14.2 Å². The number of hydrogen-bond acceptors (Lipinski definition) is 6. The third-order valence-electron chi connectivity index (χ3n) is 11.8. The molecule has 0 radical (unpaired) electrons. The first-order chi connectivity index (χ1) is 31.5. The summed E-state index contributed by atoms with van der Waals surface area (Å²) in [5.74, 6) is -0.921. The molecule has 64 heavy (non-hydrogen) atoms. The van der Waals surface area contributed by atoms with E-state index >= 15 is 0 Å². The molecule has 1 unspecified atom stereocenters. The highest BCUT2D eigenvalue weighted by atomic mass is 16.6. The average Bonchev–Trinajstić information content (AvgIpc) is 3.29. The van der Waals surface area contributed by atoms with E-state index in [1.54, 1.807) is 0 Å². The van der Waals surface area contributed by atoms with Gasteiger partial charge in [-0.15, -0.1) is 0 Å². The number of ether oxygens (including phenoxy) is 3. The fourth-order valence-corrected chi connectivity index (χ4v) is 7.65. The van der Waals surface area contributed by atoms with E-state index < -0.39 is 6.10 Å². The van der Waals surface area contributed by atoms with Crippen LogP contribution in [0.25, 0.3) is 0 Å². The number of rotatable bonds is 49. The molecule has 370 valence electrons. The standard InChI is InChI=1S/C58H102O6/c1-4-7-10-13-16-19-22-24-26-28-29-30-32-33-36-39-42-45-48-51-57(60)63-54-55(53-62-56(59)50-47-44-41-38-35-21-18-15-12-9-6-3)64-58(61)52-49-46-43-40-37-34-31-27-25-23-20-17-14-11-8-5-2/h8,11,15,17-18,20,25,27,34,37,55H,4-7,9-10,12-14,16,19,21-24,26,28-33,35-36,38-54H2,1-3H3/b11-8-,18-15-,20-17-,27-25-,37-34-. The van der Waals surface area contributed by atoms with Crippen LogP contribution in [-0.2, 0) is 28.6 Å². The molecule has 0 N–H and O–H groups in total. The van der Waals surface area contributed by atoms with Crippen LogP contribution in [0.5, 0.6) is 0 Å². The van der Waals surface area contributed by atoms with Gasteiger partial charge in [-0.25, -0.2) is 0 Å². The minimum Gasteiger partial charge on any atom is -0.462 e. The molecule has 0 aromatic rings. The summed E-state index contributed by atoms with van der Waals surface area (Å²) in [4.78, 5) is 38.0. The fourth-order valence-electron chi connectivity index (χ4n) is 7.65. The normalized spacial score (nSPS) is 12.5. The topological polar surface area (TPSA) is 78.9 Å².